The molecule has 0 aromatic carbocycles. The maximum Gasteiger partial charge on any atom is 0.0639 e. The molecular weight excluding hydrogens is 140 g/mol. The first-order valence-electron chi connectivity index (χ1n) is 4.32. The molecule has 2 atom stereocenters. The van der Waals surface area contributed by atoms with Gasteiger partial charge < -0.3 is 10.4 Å². The smallest absolute Gasteiger partial charge is 0.0639 e. The molecule has 2 N–H and O–H groups in total. The zero-order valence-electron chi connectivity index (χ0n) is 7.38. The largest absolute Gasteiger partial charge is 0.392 e. The third-order valence-corrected chi connectivity index (χ3v) is 1.98. The number of aliphatic hydroxyl groups is 1. The van der Waals surface area contributed by atoms with E-state index in [-0.39, 0.29) is 6.10 Å². The van der Waals surface area contributed by atoms with Gasteiger partial charge in [0.1, 0.15) is 0 Å². The summed E-state index contributed by atoms with van der Waals surface area (Å²) in [6, 6.07) is 0.572. The molecule has 0 saturated carbocycles. The van der Waals surface area contributed by atoms with Crippen molar-refractivity contribution in [2.45, 2.75) is 26.0 Å². The van der Waals surface area contributed by atoms with Crippen LogP contribution in [-0.2, 0) is 0 Å². The van der Waals surface area contributed by atoms with E-state index in [0.717, 1.165) is 26.2 Å². The monoisotopic (exact) mass is 158 g/mol. The summed E-state index contributed by atoms with van der Waals surface area (Å²) in [6.07, 6.45) is -0.194. The maximum atomic E-state index is 9.13. The number of β-amino-alcohol motifs (C(OH)–C–C–N with tert-alkyl or cyclic N) is 1. The van der Waals surface area contributed by atoms with Crippen molar-refractivity contribution in [3.05, 3.63) is 0 Å². The lowest BCUT2D eigenvalue weighted by molar-refractivity contribution is 0.108. The quantitative estimate of drug-likeness (QED) is 0.577. The number of hydrogen-bond acceptors (Lipinski definition) is 3. The Bertz CT molecular complexity index is 115. The summed E-state index contributed by atoms with van der Waals surface area (Å²) < 4.78 is 0. The van der Waals surface area contributed by atoms with Gasteiger partial charge in [-0.05, 0) is 13.8 Å². The average Bonchev–Trinajstić information content (AvgIpc) is 1.85. The number of aliphatic hydroxyl groups excluding tert-OH is 1. The molecule has 3 nitrogen and oxygen atoms in total. The van der Waals surface area contributed by atoms with Gasteiger partial charge in [-0.15, -0.1) is 0 Å². The van der Waals surface area contributed by atoms with Crippen LogP contribution in [0, 0.1) is 0 Å². The third-order valence-electron chi connectivity index (χ3n) is 1.98. The van der Waals surface area contributed by atoms with Gasteiger partial charge in [-0.3, -0.25) is 4.90 Å². The molecule has 1 aliphatic rings. The van der Waals surface area contributed by atoms with Crippen molar-refractivity contribution in [2.75, 3.05) is 26.2 Å². The van der Waals surface area contributed by atoms with Gasteiger partial charge in [0.15, 0.2) is 0 Å². The normalized spacial score (nSPS) is 30.3. The molecule has 0 aromatic rings. The molecule has 0 unspecified atom stereocenters. The number of nitrogens with one attached hydrogen (secondary N) is 1. The zero-order valence-corrected chi connectivity index (χ0v) is 7.38. The SMILES string of the molecule is C[C@H](O)CN1CCN[C@@H](C)C1. The summed E-state index contributed by atoms with van der Waals surface area (Å²) in [4.78, 5) is 2.30. The Kier molecular flexibility index (Phi) is 3.30. The second-order valence-electron chi connectivity index (χ2n) is 3.46. The molecule has 0 spiro atoms. The highest BCUT2D eigenvalue weighted by Crippen LogP contribution is 1.99. The maximum absolute atomic E-state index is 9.13. The Balaban J connectivity index is 2.23. The Hall–Kier alpha value is -0.120. The highest BCUT2D eigenvalue weighted by molar-refractivity contribution is 4.75. The first kappa shape index (κ1) is 8.97. The Morgan fingerprint density at radius 3 is 3.00 bits per heavy atom. The summed E-state index contributed by atoms with van der Waals surface area (Å²) in [5.41, 5.74) is 0. The van der Waals surface area contributed by atoms with Crippen LogP contribution in [0.5, 0.6) is 0 Å². The van der Waals surface area contributed by atoms with Crippen molar-refractivity contribution in [1.29, 1.82) is 0 Å². The highest BCUT2D eigenvalue weighted by Gasteiger charge is 2.15. The van der Waals surface area contributed by atoms with E-state index in [0.29, 0.717) is 6.04 Å². The standard InChI is InChI=1S/C8H18N2O/c1-7-5-10(4-3-9-7)6-8(2)11/h7-9,11H,3-6H2,1-2H3/t7-,8-/m0/s1. The van der Waals surface area contributed by atoms with Crippen LogP contribution in [0.2, 0.25) is 0 Å². The van der Waals surface area contributed by atoms with Gasteiger partial charge in [0.05, 0.1) is 6.10 Å². The second kappa shape index (κ2) is 4.04. The average molecular weight is 158 g/mol. The molecule has 0 radical (unpaired) electrons. The van der Waals surface area contributed by atoms with Crippen LogP contribution < -0.4 is 5.32 Å². The Labute approximate surface area is 68.4 Å². The van der Waals surface area contributed by atoms with E-state index in [9.17, 15) is 0 Å². The molecule has 1 saturated heterocycles. The van der Waals surface area contributed by atoms with Gasteiger partial charge in [-0.25, -0.2) is 0 Å². The van der Waals surface area contributed by atoms with Crippen LogP contribution >= 0.6 is 0 Å². The Morgan fingerprint density at radius 2 is 2.45 bits per heavy atom. The molecule has 3 heteroatoms. The molecule has 0 aromatic heterocycles. The van der Waals surface area contributed by atoms with Crippen molar-refractivity contribution >= 4 is 0 Å². The van der Waals surface area contributed by atoms with Gasteiger partial charge in [0, 0.05) is 32.2 Å². The summed E-state index contributed by atoms with van der Waals surface area (Å²) >= 11 is 0. The molecule has 1 rings (SSSR count). The van der Waals surface area contributed by atoms with Crippen LogP contribution in [0.25, 0.3) is 0 Å². The van der Waals surface area contributed by atoms with Crippen LogP contribution in [0.1, 0.15) is 13.8 Å². The second-order valence-corrected chi connectivity index (χ2v) is 3.46. The van der Waals surface area contributed by atoms with E-state index in [1.54, 1.807) is 0 Å². The minimum absolute atomic E-state index is 0.194. The van der Waals surface area contributed by atoms with E-state index in [2.05, 4.69) is 17.1 Å². The van der Waals surface area contributed by atoms with Crippen molar-refractivity contribution in [3.8, 4) is 0 Å². The lowest BCUT2D eigenvalue weighted by Crippen LogP contribution is -2.50. The minimum atomic E-state index is -0.194. The fourth-order valence-corrected chi connectivity index (χ4v) is 1.55. The summed E-state index contributed by atoms with van der Waals surface area (Å²) in [5, 5.41) is 12.5. The van der Waals surface area contributed by atoms with Gasteiger partial charge in [-0.1, -0.05) is 0 Å². The minimum Gasteiger partial charge on any atom is -0.392 e. The van der Waals surface area contributed by atoms with Crippen molar-refractivity contribution in [3.63, 3.8) is 0 Å². The molecule has 0 amide bonds. The first-order chi connectivity index (χ1) is 5.18. The van der Waals surface area contributed by atoms with Crippen molar-refractivity contribution in [1.82, 2.24) is 10.2 Å². The van der Waals surface area contributed by atoms with Crippen LogP contribution in [0.15, 0.2) is 0 Å². The molecule has 1 heterocycles. The van der Waals surface area contributed by atoms with Crippen molar-refractivity contribution in [2.24, 2.45) is 0 Å². The summed E-state index contributed by atoms with van der Waals surface area (Å²) in [5.74, 6) is 0. The lowest BCUT2D eigenvalue weighted by atomic mass is 10.2. The van der Waals surface area contributed by atoms with Crippen LogP contribution in [0.4, 0.5) is 0 Å². The fourth-order valence-electron chi connectivity index (χ4n) is 1.55. The predicted octanol–water partition coefficient (Wildman–Crippen LogP) is -0.339. The van der Waals surface area contributed by atoms with Gasteiger partial charge in [0.2, 0.25) is 0 Å². The molecule has 0 aliphatic carbocycles. The molecule has 66 valence electrons. The number of piperazine rings is 1. The zero-order chi connectivity index (χ0) is 8.27. The number of nitrogens with zero attached hydrogens (tertiary/aromatic N) is 1. The van der Waals surface area contributed by atoms with E-state index < -0.39 is 0 Å². The number of hydrogen-bond donors (Lipinski definition) is 2. The topological polar surface area (TPSA) is 35.5 Å². The molecular formula is C8H18N2O. The van der Waals surface area contributed by atoms with Crippen LogP contribution in [-0.4, -0.2) is 48.3 Å². The summed E-state index contributed by atoms with van der Waals surface area (Å²) in [6.45, 7) is 8.00. The number of rotatable bonds is 2. The van der Waals surface area contributed by atoms with Gasteiger partial charge >= 0.3 is 0 Å². The molecule has 1 fully saturated rings. The van der Waals surface area contributed by atoms with Gasteiger partial charge in [-0.2, -0.15) is 0 Å². The van der Waals surface area contributed by atoms with Crippen molar-refractivity contribution < 1.29 is 5.11 Å². The van der Waals surface area contributed by atoms with E-state index in [1.165, 1.54) is 0 Å². The first-order valence-corrected chi connectivity index (χ1v) is 4.32. The van der Waals surface area contributed by atoms with E-state index in [1.807, 2.05) is 6.92 Å². The predicted molar refractivity (Wildman–Crippen MR) is 45.6 cm³/mol. The molecule has 11 heavy (non-hydrogen) atoms. The molecule has 0 bridgehead atoms. The third kappa shape index (κ3) is 3.18. The highest BCUT2D eigenvalue weighted by atomic mass is 16.3. The van der Waals surface area contributed by atoms with Crippen LogP contribution in [0.3, 0.4) is 0 Å². The molecule has 1 aliphatic heterocycles. The van der Waals surface area contributed by atoms with E-state index >= 15 is 0 Å². The lowest BCUT2D eigenvalue weighted by Gasteiger charge is -2.32. The van der Waals surface area contributed by atoms with E-state index in [4.69, 9.17) is 5.11 Å². The Morgan fingerprint density at radius 1 is 1.73 bits per heavy atom. The fraction of sp³-hybridized carbons (Fsp3) is 1.00. The summed E-state index contributed by atoms with van der Waals surface area (Å²) in [7, 11) is 0. The van der Waals surface area contributed by atoms with Gasteiger partial charge in [0.25, 0.3) is 0 Å².